The molecule has 1 N–H and O–H groups in total. The number of aromatic carboxylic acids is 1. The third-order valence-corrected chi connectivity index (χ3v) is 3.05. The lowest BCUT2D eigenvalue weighted by Gasteiger charge is -2.09. The Hall–Kier alpha value is -2.48. The fraction of sp³-hybridized carbons (Fsp3) is 0.0769. The van der Waals surface area contributed by atoms with Crippen molar-refractivity contribution in [3.63, 3.8) is 0 Å². The second-order valence-electron chi connectivity index (χ2n) is 4.14. The first-order chi connectivity index (χ1) is 9.88. The average molecular weight is 353 g/mol. The molecule has 0 saturated heterocycles. The standard InChI is InChI=1S/C13H9BrN2O5/c1-7-2-9(14)4-11(16(19)20)12(7)21-10-3-8(13(17)18)5-15-6-10/h2-6H,1H3,(H,17,18). The predicted octanol–water partition coefficient (Wildman–Crippen LogP) is 3.55. The maximum atomic E-state index is 11.1. The summed E-state index contributed by atoms with van der Waals surface area (Å²) in [5.41, 5.74) is 0.254. The number of rotatable bonds is 4. The molecule has 2 aromatic rings. The summed E-state index contributed by atoms with van der Waals surface area (Å²) in [6.07, 6.45) is 2.45. The highest BCUT2D eigenvalue weighted by Gasteiger charge is 2.20. The Kier molecular flexibility index (Phi) is 4.18. The summed E-state index contributed by atoms with van der Waals surface area (Å²) in [5, 5.41) is 20.0. The van der Waals surface area contributed by atoms with E-state index in [1.165, 1.54) is 18.3 Å². The van der Waals surface area contributed by atoms with Crippen molar-refractivity contribution in [1.29, 1.82) is 0 Å². The molecule has 0 saturated carbocycles. The summed E-state index contributed by atoms with van der Waals surface area (Å²) in [4.78, 5) is 25.1. The van der Waals surface area contributed by atoms with E-state index in [0.29, 0.717) is 10.0 Å². The maximum absolute atomic E-state index is 11.1. The number of hydrogen-bond donors (Lipinski definition) is 1. The summed E-state index contributed by atoms with van der Waals surface area (Å²) < 4.78 is 6.01. The number of nitro groups is 1. The first-order valence-electron chi connectivity index (χ1n) is 5.69. The lowest BCUT2D eigenvalue weighted by atomic mass is 10.2. The van der Waals surface area contributed by atoms with E-state index in [1.807, 2.05) is 0 Å². The number of nitro benzene ring substituents is 1. The van der Waals surface area contributed by atoms with Crippen LogP contribution in [0.25, 0.3) is 0 Å². The number of ether oxygens (including phenoxy) is 1. The number of aromatic nitrogens is 1. The number of halogens is 1. The van der Waals surface area contributed by atoms with E-state index in [-0.39, 0.29) is 22.7 Å². The van der Waals surface area contributed by atoms with Crippen LogP contribution in [0, 0.1) is 17.0 Å². The SMILES string of the molecule is Cc1cc(Br)cc([N+](=O)[O-])c1Oc1cncc(C(=O)O)c1. The molecule has 0 aliphatic rings. The number of carboxylic acid groups (broad SMARTS) is 1. The number of nitrogens with zero attached hydrogens (tertiary/aromatic N) is 2. The predicted molar refractivity (Wildman–Crippen MR) is 76.8 cm³/mol. The Bertz CT molecular complexity index is 732. The van der Waals surface area contributed by atoms with Gasteiger partial charge >= 0.3 is 11.7 Å². The summed E-state index contributed by atoms with van der Waals surface area (Å²) in [7, 11) is 0. The van der Waals surface area contributed by atoms with Crippen molar-refractivity contribution < 1.29 is 19.6 Å². The fourth-order valence-electron chi connectivity index (χ4n) is 1.69. The second kappa shape index (κ2) is 5.88. The molecule has 7 nitrogen and oxygen atoms in total. The van der Waals surface area contributed by atoms with Gasteiger partial charge in [0.15, 0.2) is 0 Å². The Labute approximate surface area is 127 Å². The molecule has 1 heterocycles. The van der Waals surface area contributed by atoms with Crippen LogP contribution in [-0.2, 0) is 0 Å². The third kappa shape index (κ3) is 3.34. The molecule has 21 heavy (non-hydrogen) atoms. The molecule has 0 atom stereocenters. The van der Waals surface area contributed by atoms with E-state index in [1.54, 1.807) is 13.0 Å². The highest BCUT2D eigenvalue weighted by Crippen LogP contribution is 2.37. The first kappa shape index (κ1) is 14.9. The molecule has 0 aliphatic carbocycles. The Balaban J connectivity index is 2.46. The molecular formula is C13H9BrN2O5. The molecule has 0 radical (unpaired) electrons. The topological polar surface area (TPSA) is 103 Å². The van der Waals surface area contributed by atoms with Gasteiger partial charge in [0, 0.05) is 16.7 Å². The number of benzene rings is 1. The Morgan fingerprint density at radius 2 is 2.10 bits per heavy atom. The number of pyridine rings is 1. The molecule has 8 heteroatoms. The van der Waals surface area contributed by atoms with Crippen LogP contribution in [0.4, 0.5) is 5.69 Å². The third-order valence-electron chi connectivity index (χ3n) is 2.60. The van der Waals surface area contributed by atoms with Gasteiger partial charge in [-0.25, -0.2) is 4.79 Å². The molecule has 0 aliphatic heterocycles. The van der Waals surface area contributed by atoms with Crippen molar-refractivity contribution in [3.05, 3.63) is 56.3 Å². The van der Waals surface area contributed by atoms with Gasteiger partial charge < -0.3 is 9.84 Å². The van der Waals surface area contributed by atoms with Crippen molar-refractivity contribution in [2.45, 2.75) is 6.92 Å². The van der Waals surface area contributed by atoms with E-state index in [9.17, 15) is 14.9 Å². The minimum absolute atomic E-state index is 0.0486. The van der Waals surface area contributed by atoms with Gasteiger partial charge in [-0.2, -0.15) is 0 Å². The largest absolute Gasteiger partial charge is 0.478 e. The maximum Gasteiger partial charge on any atom is 0.337 e. The van der Waals surface area contributed by atoms with Crippen molar-refractivity contribution in [2.75, 3.05) is 0 Å². The van der Waals surface area contributed by atoms with Crippen LogP contribution in [0.1, 0.15) is 15.9 Å². The van der Waals surface area contributed by atoms with Gasteiger partial charge in [0.1, 0.15) is 5.75 Å². The van der Waals surface area contributed by atoms with Gasteiger partial charge in [-0.3, -0.25) is 15.1 Å². The lowest BCUT2D eigenvalue weighted by molar-refractivity contribution is -0.385. The molecule has 0 unspecified atom stereocenters. The Morgan fingerprint density at radius 1 is 1.38 bits per heavy atom. The van der Waals surface area contributed by atoms with Crippen LogP contribution < -0.4 is 4.74 Å². The number of hydrogen-bond acceptors (Lipinski definition) is 5. The zero-order valence-electron chi connectivity index (χ0n) is 10.7. The molecule has 0 spiro atoms. The van der Waals surface area contributed by atoms with E-state index >= 15 is 0 Å². The van der Waals surface area contributed by atoms with E-state index in [2.05, 4.69) is 20.9 Å². The minimum Gasteiger partial charge on any atom is -0.478 e. The quantitative estimate of drug-likeness (QED) is 0.666. The van der Waals surface area contributed by atoms with E-state index in [0.717, 1.165) is 6.20 Å². The molecule has 1 aromatic carbocycles. The van der Waals surface area contributed by atoms with Crippen LogP contribution in [0.3, 0.4) is 0 Å². The molecule has 0 amide bonds. The summed E-state index contributed by atoms with van der Waals surface area (Å²) in [6.45, 7) is 1.65. The van der Waals surface area contributed by atoms with Crippen LogP contribution in [0.2, 0.25) is 0 Å². The van der Waals surface area contributed by atoms with E-state index < -0.39 is 10.9 Å². The van der Waals surface area contributed by atoms with Gasteiger partial charge in [-0.1, -0.05) is 15.9 Å². The average Bonchev–Trinajstić information content (AvgIpc) is 2.41. The monoisotopic (exact) mass is 352 g/mol. The summed E-state index contributed by atoms with van der Waals surface area (Å²) >= 11 is 3.18. The van der Waals surface area contributed by atoms with Crippen molar-refractivity contribution in [3.8, 4) is 11.5 Å². The smallest absolute Gasteiger partial charge is 0.337 e. The molecule has 0 bridgehead atoms. The summed E-state index contributed by atoms with van der Waals surface area (Å²) in [5.74, 6) is -0.995. The number of carbonyl (C=O) groups is 1. The number of aryl methyl sites for hydroxylation is 1. The zero-order valence-corrected chi connectivity index (χ0v) is 12.3. The molecule has 0 fully saturated rings. The normalized spacial score (nSPS) is 10.2. The van der Waals surface area contributed by atoms with Crippen LogP contribution >= 0.6 is 15.9 Å². The van der Waals surface area contributed by atoms with Gasteiger partial charge in [0.05, 0.1) is 16.7 Å². The fourth-order valence-corrected chi connectivity index (χ4v) is 2.25. The van der Waals surface area contributed by atoms with Crippen molar-refractivity contribution in [2.24, 2.45) is 0 Å². The lowest BCUT2D eigenvalue weighted by Crippen LogP contribution is -1.99. The zero-order chi connectivity index (χ0) is 15.6. The van der Waals surface area contributed by atoms with Crippen molar-refractivity contribution in [1.82, 2.24) is 4.98 Å². The molecule has 108 valence electrons. The summed E-state index contributed by atoms with van der Waals surface area (Å²) in [6, 6.07) is 4.23. The minimum atomic E-state index is -1.16. The van der Waals surface area contributed by atoms with Crippen LogP contribution in [0.5, 0.6) is 11.5 Å². The number of carboxylic acids is 1. The molecule has 2 rings (SSSR count). The highest BCUT2D eigenvalue weighted by atomic mass is 79.9. The molecular weight excluding hydrogens is 344 g/mol. The van der Waals surface area contributed by atoms with Crippen LogP contribution in [0.15, 0.2) is 35.1 Å². The van der Waals surface area contributed by atoms with E-state index in [4.69, 9.17) is 9.84 Å². The van der Waals surface area contributed by atoms with Gasteiger partial charge in [0.2, 0.25) is 5.75 Å². The van der Waals surface area contributed by atoms with Crippen LogP contribution in [-0.4, -0.2) is 21.0 Å². The van der Waals surface area contributed by atoms with Gasteiger partial charge in [-0.15, -0.1) is 0 Å². The van der Waals surface area contributed by atoms with Gasteiger partial charge in [0.25, 0.3) is 0 Å². The Morgan fingerprint density at radius 3 is 2.71 bits per heavy atom. The van der Waals surface area contributed by atoms with Gasteiger partial charge in [-0.05, 0) is 24.6 Å². The van der Waals surface area contributed by atoms with Crippen molar-refractivity contribution >= 4 is 27.6 Å². The molecule has 1 aromatic heterocycles. The highest BCUT2D eigenvalue weighted by molar-refractivity contribution is 9.10. The first-order valence-corrected chi connectivity index (χ1v) is 6.48. The second-order valence-corrected chi connectivity index (χ2v) is 5.06.